The van der Waals surface area contributed by atoms with Gasteiger partial charge in [-0.1, -0.05) is 30.3 Å². The summed E-state index contributed by atoms with van der Waals surface area (Å²) < 4.78 is 4.99. The number of rotatable bonds is 8. The molecule has 0 spiro atoms. The summed E-state index contributed by atoms with van der Waals surface area (Å²) in [7, 11) is 1.68. The second-order valence-electron chi connectivity index (χ2n) is 4.87. The van der Waals surface area contributed by atoms with E-state index in [4.69, 9.17) is 4.74 Å². The van der Waals surface area contributed by atoms with E-state index in [1.807, 2.05) is 36.4 Å². The minimum atomic E-state index is -0.171. The van der Waals surface area contributed by atoms with E-state index in [-0.39, 0.29) is 5.91 Å². The Bertz CT molecular complexity index is 570. The van der Waals surface area contributed by atoms with Crippen LogP contribution in [0.3, 0.4) is 0 Å². The number of aromatic nitrogens is 1. The molecule has 1 amide bonds. The Morgan fingerprint density at radius 3 is 2.68 bits per heavy atom. The summed E-state index contributed by atoms with van der Waals surface area (Å²) in [6, 6.07) is 13.4. The zero-order valence-electron chi connectivity index (χ0n) is 12.7. The molecule has 5 nitrogen and oxygen atoms in total. The summed E-state index contributed by atoms with van der Waals surface area (Å²) in [5, 5.41) is 6.09. The summed E-state index contributed by atoms with van der Waals surface area (Å²) in [6.45, 7) is 2.04. The molecule has 0 saturated heterocycles. The fourth-order valence-corrected chi connectivity index (χ4v) is 1.95. The summed E-state index contributed by atoms with van der Waals surface area (Å²) in [5.41, 5.74) is 2.38. The number of anilines is 1. The summed E-state index contributed by atoms with van der Waals surface area (Å²) >= 11 is 0. The molecule has 2 N–H and O–H groups in total. The lowest BCUT2D eigenvalue weighted by molar-refractivity contribution is 0.0946. The van der Waals surface area contributed by atoms with Crippen LogP contribution in [0, 0.1) is 0 Å². The van der Waals surface area contributed by atoms with Crippen molar-refractivity contribution in [1.82, 2.24) is 10.3 Å². The van der Waals surface area contributed by atoms with Crippen LogP contribution in [-0.4, -0.2) is 31.2 Å². The van der Waals surface area contributed by atoms with Crippen LogP contribution in [0.2, 0.25) is 0 Å². The highest BCUT2D eigenvalue weighted by atomic mass is 16.5. The van der Waals surface area contributed by atoms with Crippen LogP contribution in [0.4, 0.5) is 5.69 Å². The van der Waals surface area contributed by atoms with Crippen molar-refractivity contribution in [2.75, 3.05) is 25.6 Å². The maximum absolute atomic E-state index is 12.0. The Morgan fingerprint density at radius 1 is 1.18 bits per heavy atom. The lowest BCUT2D eigenvalue weighted by atomic mass is 10.2. The Hall–Kier alpha value is -2.40. The first-order valence-corrected chi connectivity index (χ1v) is 7.30. The first-order chi connectivity index (χ1) is 10.8. The first-order valence-electron chi connectivity index (χ1n) is 7.30. The van der Waals surface area contributed by atoms with Gasteiger partial charge in [-0.25, -0.2) is 4.98 Å². The highest BCUT2D eigenvalue weighted by Crippen LogP contribution is 2.06. The fourth-order valence-electron chi connectivity index (χ4n) is 1.95. The smallest absolute Gasteiger partial charge is 0.270 e. The molecule has 5 heteroatoms. The number of carbonyl (C=O) groups excluding carboxylic acids is 1. The largest absolute Gasteiger partial charge is 0.385 e. The molecule has 0 aliphatic heterocycles. The molecule has 1 aromatic carbocycles. The van der Waals surface area contributed by atoms with Crippen LogP contribution in [0.5, 0.6) is 0 Å². The van der Waals surface area contributed by atoms with Crippen LogP contribution in [0.25, 0.3) is 0 Å². The topological polar surface area (TPSA) is 63.2 Å². The second kappa shape index (κ2) is 8.79. The number of benzene rings is 1. The average molecular weight is 299 g/mol. The SMILES string of the molecule is COCCCNc1ccc(C(=O)NCc2ccccc2)nc1. The molecule has 1 aromatic heterocycles. The number of pyridine rings is 1. The number of methoxy groups -OCH3 is 1. The van der Waals surface area contributed by atoms with Crippen molar-refractivity contribution in [2.45, 2.75) is 13.0 Å². The number of hydrogen-bond acceptors (Lipinski definition) is 4. The van der Waals surface area contributed by atoms with E-state index in [0.717, 1.165) is 30.8 Å². The minimum Gasteiger partial charge on any atom is -0.385 e. The molecular formula is C17H21N3O2. The zero-order chi connectivity index (χ0) is 15.6. The number of hydrogen-bond donors (Lipinski definition) is 2. The van der Waals surface area contributed by atoms with Gasteiger partial charge >= 0.3 is 0 Å². The molecule has 1 heterocycles. The lowest BCUT2D eigenvalue weighted by Crippen LogP contribution is -2.23. The minimum absolute atomic E-state index is 0.171. The van der Waals surface area contributed by atoms with E-state index in [2.05, 4.69) is 15.6 Å². The molecule has 2 rings (SSSR count). The highest BCUT2D eigenvalue weighted by molar-refractivity contribution is 5.92. The van der Waals surface area contributed by atoms with Crippen molar-refractivity contribution in [3.8, 4) is 0 Å². The molecule has 0 bridgehead atoms. The predicted octanol–water partition coefficient (Wildman–Crippen LogP) is 2.46. The van der Waals surface area contributed by atoms with Crippen molar-refractivity contribution in [1.29, 1.82) is 0 Å². The zero-order valence-corrected chi connectivity index (χ0v) is 12.7. The van der Waals surface area contributed by atoms with Crippen molar-refractivity contribution >= 4 is 11.6 Å². The molecule has 22 heavy (non-hydrogen) atoms. The van der Waals surface area contributed by atoms with Gasteiger partial charge in [0.15, 0.2) is 0 Å². The van der Waals surface area contributed by atoms with E-state index < -0.39 is 0 Å². The van der Waals surface area contributed by atoms with Crippen LogP contribution in [-0.2, 0) is 11.3 Å². The van der Waals surface area contributed by atoms with Gasteiger partial charge in [-0.3, -0.25) is 4.79 Å². The molecular weight excluding hydrogens is 278 g/mol. The van der Waals surface area contributed by atoms with Crippen molar-refractivity contribution < 1.29 is 9.53 Å². The Labute approximate surface area is 130 Å². The highest BCUT2D eigenvalue weighted by Gasteiger charge is 2.06. The van der Waals surface area contributed by atoms with E-state index in [1.165, 1.54) is 0 Å². The Morgan fingerprint density at radius 2 is 2.00 bits per heavy atom. The van der Waals surface area contributed by atoms with E-state index >= 15 is 0 Å². The summed E-state index contributed by atoms with van der Waals surface area (Å²) in [6.07, 6.45) is 2.60. The average Bonchev–Trinajstić information content (AvgIpc) is 2.58. The number of amides is 1. The van der Waals surface area contributed by atoms with Gasteiger partial charge in [0.1, 0.15) is 5.69 Å². The van der Waals surface area contributed by atoms with Gasteiger partial charge in [0.05, 0.1) is 11.9 Å². The standard InChI is InChI=1S/C17H21N3O2/c1-22-11-5-10-18-15-8-9-16(19-13-15)17(21)20-12-14-6-3-2-4-7-14/h2-4,6-9,13,18H,5,10-12H2,1H3,(H,20,21). The monoisotopic (exact) mass is 299 g/mol. The summed E-state index contributed by atoms with van der Waals surface area (Å²) in [4.78, 5) is 16.2. The third-order valence-corrected chi connectivity index (χ3v) is 3.15. The molecule has 116 valence electrons. The Balaban J connectivity index is 1.80. The van der Waals surface area contributed by atoms with Gasteiger partial charge in [-0.15, -0.1) is 0 Å². The molecule has 0 radical (unpaired) electrons. The van der Waals surface area contributed by atoms with Gasteiger partial charge in [0.25, 0.3) is 5.91 Å². The quantitative estimate of drug-likeness (QED) is 0.735. The fraction of sp³-hybridized carbons (Fsp3) is 0.294. The van der Waals surface area contributed by atoms with Crippen LogP contribution < -0.4 is 10.6 Å². The number of nitrogens with zero attached hydrogens (tertiary/aromatic N) is 1. The second-order valence-corrected chi connectivity index (χ2v) is 4.87. The Kier molecular flexibility index (Phi) is 6.39. The van der Waals surface area contributed by atoms with E-state index in [1.54, 1.807) is 19.4 Å². The van der Waals surface area contributed by atoms with Gasteiger partial charge in [0.2, 0.25) is 0 Å². The van der Waals surface area contributed by atoms with E-state index in [0.29, 0.717) is 12.2 Å². The number of ether oxygens (including phenoxy) is 1. The van der Waals surface area contributed by atoms with Gasteiger partial charge in [0, 0.05) is 26.8 Å². The predicted molar refractivity (Wildman–Crippen MR) is 86.8 cm³/mol. The molecule has 0 fully saturated rings. The molecule has 0 saturated carbocycles. The maximum Gasteiger partial charge on any atom is 0.270 e. The third kappa shape index (κ3) is 5.18. The number of nitrogens with one attached hydrogen (secondary N) is 2. The molecule has 2 aromatic rings. The van der Waals surface area contributed by atoms with Crippen molar-refractivity contribution in [3.05, 3.63) is 59.9 Å². The molecule has 0 unspecified atom stereocenters. The number of carbonyl (C=O) groups is 1. The van der Waals surface area contributed by atoms with Crippen LogP contribution in [0.1, 0.15) is 22.5 Å². The van der Waals surface area contributed by atoms with Gasteiger partial charge in [-0.2, -0.15) is 0 Å². The third-order valence-electron chi connectivity index (χ3n) is 3.15. The summed E-state index contributed by atoms with van der Waals surface area (Å²) in [5.74, 6) is -0.171. The van der Waals surface area contributed by atoms with Gasteiger partial charge in [-0.05, 0) is 24.1 Å². The van der Waals surface area contributed by atoms with E-state index in [9.17, 15) is 4.79 Å². The molecule has 0 aliphatic carbocycles. The molecule has 0 aliphatic rings. The van der Waals surface area contributed by atoms with Crippen LogP contribution in [0.15, 0.2) is 48.7 Å². The molecule has 0 atom stereocenters. The van der Waals surface area contributed by atoms with Crippen molar-refractivity contribution in [3.63, 3.8) is 0 Å². The lowest BCUT2D eigenvalue weighted by Gasteiger charge is -2.07. The van der Waals surface area contributed by atoms with Gasteiger partial charge < -0.3 is 15.4 Å². The van der Waals surface area contributed by atoms with Crippen LogP contribution >= 0.6 is 0 Å². The maximum atomic E-state index is 12.0. The first kappa shape index (κ1) is 16.0. The van der Waals surface area contributed by atoms with Crippen molar-refractivity contribution in [2.24, 2.45) is 0 Å². The normalized spacial score (nSPS) is 10.2.